The van der Waals surface area contributed by atoms with Gasteiger partial charge in [-0.1, -0.05) is 34.6 Å². The van der Waals surface area contributed by atoms with Crippen LogP contribution in [0.2, 0.25) is 0 Å². The quantitative estimate of drug-likeness (QED) is 0.620. The molecule has 2 bridgehead atoms. The Hall–Kier alpha value is -2.13. The summed E-state index contributed by atoms with van der Waals surface area (Å²) in [6.07, 6.45) is 2.90. The molecule has 32 heavy (non-hydrogen) atoms. The van der Waals surface area contributed by atoms with Gasteiger partial charge in [0.15, 0.2) is 6.61 Å². The van der Waals surface area contributed by atoms with E-state index >= 15 is 0 Å². The molecule has 1 heterocycles. The Morgan fingerprint density at radius 3 is 2.47 bits per heavy atom. The topological polar surface area (TPSA) is 104 Å². The average Bonchev–Trinajstić information content (AvgIpc) is 2.95. The summed E-state index contributed by atoms with van der Waals surface area (Å²) in [5.41, 5.74) is -0.0528. The number of esters is 1. The summed E-state index contributed by atoms with van der Waals surface area (Å²) < 4.78 is 31.9. The van der Waals surface area contributed by atoms with Crippen molar-refractivity contribution < 1.29 is 27.9 Å². The van der Waals surface area contributed by atoms with E-state index in [1.807, 2.05) is 4.90 Å². The maximum absolute atomic E-state index is 12.8. The number of carbonyl (C=O) groups is 2. The summed E-state index contributed by atoms with van der Waals surface area (Å²) in [5.74, 6) is -1.59. The molecule has 3 rings (SSSR count). The lowest BCUT2D eigenvalue weighted by Crippen LogP contribution is -2.39. The number of phenolic OH excluding ortho intramolecular Hbond substituents is 1. The summed E-state index contributed by atoms with van der Waals surface area (Å²) in [7, 11) is -3.81. The zero-order chi connectivity index (χ0) is 23.9. The van der Waals surface area contributed by atoms with E-state index < -0.39 is 28.3 Å². The Balaban J connectivity index is 1.71. The maximum Gasteiger partial charge on any atom is 0.342 e. The fourth-order valence-corrected chi connectivity index (χ4v) is 7.08. The van der Waals surface area contributed by atoms with Gasteiger partial charge in [0.2, 0.25) is 10.0 Å². The van der Waals surface area contributed by atoms with Gasteiger partial charge in [-0.05, 0) is 48.3 Å². The fourth-order valence-electron chi connectivity index (χ4n) is 5.59. The average molecular weight is 467 g/mol. The first-order chi connectivity index (χ1) is 14.8. The number of nitrogens with zero attached hydrogens (tertiary/aromatic N) is 2. The number of ether oxygens (including phenoxy) is 1. The van der Waals surface area contributed by atoms with E-state index in [0.29, 0.717) is 6.54 Å². The first-order valence-electron chi connectivity index (χ1n) is 11.1. The normalized spacial score (nSPS) is 24.6. The van der Waals surface area contributed by atoms with Gasteiger partial charge in [-0.15, -0.1) is 0 Å². The molecule has 178 valence electrons. The van der Waals surface area contributed by atoms with E-state index in [2.05, 4.69) is 20.8 Å². The third kappa shape index (κ3) is 4.78. The third-order valence-corrected chi connectivity index (χ3v) is 8.64. The minimum atomic E-state index is -3.81. The number of sulfonamides is 1. The highest BCUT2D eigenvalue weighted by Gasteiger charge is 2.51. The number of carbonyl (C=O) groups excluding carboxylic acids is 2. The van der Waals surface area contributed by atoms with Crippen LogP contribution in [0.15, 0.2) is 23.1 Å². The van der Waals surface area contributed by atoms with E-state index in [1.165, 1.54) is 10.4 Å². The molecule has 1 N–H and O–H groups in total. The standard InChI is InChI=1S/C23H34N2O6S/c1-6-24(7-2)32(29,30)17-8-9-19(26)18(10-17)21(28)31-13-20(27)25-15-23(5)12-16(25)11-22(3,4)14-23/h8-10,16,26H,6-7,11-15H2,1-5H3. The molecule has 8 nitrogen and oxygen atoms in total. The summed E-state index contributed by atoms with van der Waals surface area (Å²) in [4.78, 5) is 27.1. The lowest BCUT2D eigenvalue weighted by Gasteiger charge is -2.39. The second-order valence-corrected chi connectivity index (χ2v) is 12.0. The van der Waals surface area contributed by atoms with E-state index in [-0.39, 0.29) is 46.3 Å². The van der Waals surface area contributed by atoms with Gasteiger partial charge in [0, 0.05) is 25.7 Å². The molecule has 2 aliphatic rings. The Labute approximate surface area is 190 Å². The predicted octanol–water partition coefficient (Wildman–Crippen LogP) is 3.01. The Kier molecular flexibility index (Phi) is 6.64. The van der Waals surface area contributed by atoms with Crippen LogP contribution in [0.4, 0.5) is 0 Å². The molecule has 1 aromatic rings. The SMILES string of the molecule is CCN(CC)S(=O)(=O)c1ccc(O)c(C(=O)OCC(=O)N2CC3(C)CC2CC(C)(C)C3)c1. The number of aromatic hydroxyl groups is 1. The highest BCUT2D eigenvalue weighted by Crippen LogP contribution is 2.52. The number of hydrogen-bond acceptors (Lipinski definition) is 6. The lowest BCUT2D eigenvalue weighted by molar-refractivity contribution is -0.135. The van der Waals surface area contributed by atoms with E-state index in [4.69, 9.17) is 4.74 Å². The monoisotopic (exact) mass is 466 g/mol. The van der Waals surface area contributed by atoms with E-state index in [1.54, 1.807) is 13.8 Å². The van der Waals surface area contributed by atoms with Crippen LogP contribution >= 0.6 is 0 Å². The summed E-state index contributed by atoms with van der Waals surface area (Å²) in [6, 6.07) is 3.63. The maximum atomic E-state index is 12.8. The Bertz CT molecular complexity index is 1000. The zero-order valence-electron chi connectivity index (χ0n) is 19.6. The first-order valence-corrected chi connectivity index (χ1v) is 12.6. The van der Waals surface area contributed by atoms with Gasteiger partial charge in [0.1, 0.15) is 11.3 Å². The molecule has 1 aromatic carbocycles. The van der Waals surface area contributed by atoms with Crippen molar-refractivity contribution in [3.05, 3.63) is 23.8 Å². The van der Waals surface area contributed by atoms with Gasteiger partial charge >= 0.3 is 5.97 Å². The van der Waals surface area contributed by atoms with Gasteiger partial charge in [-0.3, -0.25) is 4.79 Å². The van der Waals surface area contributed by atoms with Crippen molar-refractivity contribution in [1.82, 2.24) is 9.21 Å². The van der Waals surface area contributed by atoms with Crippen molar-refractivity contribution in [2.75, 3.05) is 26.2 Å². The molecule has 9 heteroatoms. The van der Waals surface area contributed by atoms with Crippen LogP contribution in [-0.4, -0.2) is 66.9 Å². The summed E-state index contributed by atoms with van der Waals surface area (Å²) >= 11 is 0. The number of fused-ring (bicyclic) bond motifs is 2. The first kappa shape index (κ1) is 24.5. The molecule has 2 fully saturated rings. The molecule has 0 radical (unpaired) electrons. The number of hydrogen-bond donors (Lipinski definition) is 1. The lowest BCUT2D eigenvalue weighted by atomic mass is 9.65. The predicted molar refractivity (Wildman–Crippen MR) is 120 cm³/mol. The Morgan fingerprint density at radius 2 is 1.84 bits per heavy atom. The zero-order valence-corrected chi connectivity index (χ0v) is 20.4. The van der Waals surface area contributed by atoms with Crippen LogP contribution in [0.3, 0.4) is 0 Å². The molecule has 1 aliphatic carbocycles. The molecule has 2 unspecified atom stereocenters. The smallest absolute Gasteiger partial charge is 0.342 e. The minimum absolute atomic E-state index is 0.0669. The summed E-state index contributed by atoms with van der Waals surface area (Å²) in [6.45, 7) is 10.8. The number of likely N-dealkylation sites (tertiary alicyclic amines) is 1. The van der Waals surface area contributed by atoms with Crippen LogP contribution in [0, 0.1) is 10.8 Å². The van der Waals surface area contributed by atoms with Crippen LogP contribution in [0.1, 0.15) is 64.2 Å². The van der Waals surface area contributed by atoms with Crippen LogP contribution in [-0.2, 0) is 19.6 Å². The number of phenols is 1. The van der Waals surface area contributed by atoms with Crippen molar-refractivity contribution in [2.45, 2.75) is 64.8 Å². The molecular weight excluding hydrogens is 432 g/mol. The van der Waals surface area contributed by atoms with Crippen LogP contribution < -0.4 is 0 Å². The van der Waals surface area contributed by atoms with Crippen LogP contribution in [0.5, 0.6) is 5.75 Å². The van der Waals surface area contributed by atoms with Gasteiger partial charge in [-0.2, -0.15) is 4.31 Å². The van der Waals surface area contributed by atoms with E-state index in [0.717, 1.165) is 31.4 Å². The van der Waals surface area contributed by atoms with Crippen molar-refractivity contribution in [1.29, 1.82) is 0 Å². The highest BCUT2D eigenvalue weighted by molar-refractivity contribution is 7.89. The van der Waals surface area contributed by atoms with Gasteiger partial charge in [-0.25, -0.2) is 13.2 Å². The highest BCUT2D eigenvalue weighted by atomic mass is 32.2. The molecular formula is C23H34N2O6S. The molecule has 1 aliphatic heterocycles. The second-order valence-electron chi connectivity index (χ2n) is 10.1. The molecule has 2 atom stereocenters. The third-order valence-electron chi connectivity index (χ3n) is 6.59. The second kappa shape index (κ2) is 8.67. The van der Waals surface area contributed by atoms with Gasteiger partial charge in [0.05, 0.1) is 4.90 Å². The van der Waals surface area contributed by atoms with Crippen molar-refractivity contribution in [3.63, 3.8) is 0 Å². The molecule has 0 aromatic heterocycles. The minimum Gasteiger partial charge on any atom is -0.507 e. The molecule has 1 saturated carbocycles. The van der Waals surface area contributed by atoms with Crippen molar-refractivity contribution in [2.24, 2.45) is 10.8 Å². The number of benzene rings is 1. The number of amides is 1. The Morgan fingerprint density at radius 1 is 1.19 bits per heavy atom. The molecule has 1 amide bonds. The fraction of sp³-hybridized carbons (Fsp3) is 0.652. The molecule has 1 saturated heterocycles. The van der Waals surface area contributed by atoms with Crippen LogP contribution in [0.25, 0.3) is 0 Å². The molecule has 0 spiro atoms. The summed E-state index contributed by atoms with van der Waals surface area (Å²) in [5, 5.41) is 10.1. The van der Waals surface area contributed by atoms with E-state index in [9.17, 15) is 23.1 Å². The largest absolute Gasteiger partial charge is 0.507 e. The van der Waals surface area contributed by atoms with Gasteiger partial charge < -0.3 is 14.7 Å². The van der Waals surface area contributed by atoms with Gasteiger partial charge in [0.25, 0.3) is 5.91 Å². The van der Waals surface area contributed by atoms with Crippen molar-refractivity contribution >= 4 is 21.9 Å². The van der Waals surface area contributed by atoms with Crippen molar-refractivity contribution in [3.8, 4) is 5.75 Å². The number of rotatable bonds is 7.